The van der Waals surface area contributed by atoms with Gasteiger partial charge in [0.1, 0.15) is 17.2 Å². The summed E-state index contributed by atoms with van der Waals surface area (Å²) >= 11 is 5.89. The van der Waals surface area contributed by atoms with Crippen molar-refractivity contribution in [2.24, 2.45) is 0 Å². The Kier molecular flexibility index (Phi) is 6.65. The largest absolute Gasteiger partial charge is 0.497 e. The highest BCUT2D eigenvalue weighted by Gasteiger charge is 2.42. The molecule has 1 aliphatic heterocycles. The van der Waals surface area contributed by atoms with Crippen LogP contribution in [-0.4, -0.2) is 21.8 Å². The Morgan fingerprint density at radius 2 is 1.61 bits per heavy atom. The van der Waals surface area contributed by atoms with E-state index in [9.17, 15) is 0 Å². The lowest BCUT2D eigenvalue weighted by Crippen LogP contribution is -2.29. The smallest absolute Gasteiger partial charge is 0.174 e. The first-order chi connectivity index (χ1) is 17.5. The molecule has 1 aliphatic rings. The first-order valence-electron chi connectivity index (χ1n) is 12.1. The molecule has 184 valence electrons. The Balaban J connectivity index is 1.50. The fourth-order valence-corrected chi connectivity index (χ4v) is 5.36. The first kappa shape index (κ1) is 23.9. The molecule has 0 bridgehead atoms. The van der Waals surface area contributed by atoms with E-state index in [0.29, 0.717) is 5.11 Å². The Labute approximate surface area is 217 Å². The van der Waals surface area contributed by atoms with Crippen molar-refractivity contribution >= 4 is 23.0 Å². The Bertz CT molecular complexity index is 1350. The van der Waals surface area contributed by atoms with Crippen LogP contribution >= 0.6 is 12.2 Å². The third kappa shape index (κ3) is 4.42. The van der Waals surface area contributed by atoms with Crippen molar-refractivity contribution in [3.63, 3.8) is 0 Å². The Morgan fingerprint density at radius 3 is 2.19 bits per heavy atom. The van der Waals surface area contributed by atoms with E-state index < -0.39 is 0 Å². The quantitative estimate of drug-likeness (QED) is 0.294. The average molecular weight is 499 g/mol. The van der Waals surface area contributed by atoms with Crippen LogP contribution in [0.15, 0.2) is 79.0 Å². The molecule has 2 aromatic heterocycles. The van der Waals surface area contributed by atoms with Gasteiger partial charge in [0.15, 0.2) is 5.11 Å². The number of ether oxygens (including phenoxy) is 2. The van der Waals surface area contributed by atoms with Crippen molar-refractivity contribution in [3.8, 4) is 17.2 Å². The summed E-state index contributed by atoms with van der Waals surface area (Å²) in [5.41, 5.74) is 5.70. The van der Waals surface area contributed by atoms with Crippen molar-refractivity contribution in [2.45, 2.75) is 39.4 Å². The average Bonchev–Trinajstić information content (AvgIpc) is 3.40. The van der Waals surface area contributed by atoms with Gasteiger partial charge in [0.2, 0.25) is 0 Å². The summed E-state index contributed by atoms with van der Waals surface area (Å²) in [7, 11) is 1.65. The summed E-state index contributed by atoms with van der Waals surface area (Å²) in [4.78, 5) is 6.87. The van der Waals surface area contributed by atoms with Crippen molar-refractivity contribution < 1.29 is 9.47 Å². The molecule has 1 saturated heterocycles. The normalized spacial score (nSPS) is 17.2. The van der Waals surface area contributed by atoms with Crippen LogP contribution in [0, 0.1) is 13.8 Å². The maximum absolute atomic E-state index is 6.04. The lowest BCUT2D eigenvalue weighted by molar-refractivity contribution is 0.413. The molecule has 1 fully saturated rings. The van der Waals surface area contributed by atoms with E-state index >= 15 is 0 Å². The van der Waals surface area contributed by atoms with Gasteiger partial charge < -0.3 is 24.3 Å². The second-order valence-corrected chi connectivity index (χ2v) is 9.23. The van der Waals surface area contributed by atoms with Crippen LogP contribution in [-0.2, 0) is 6.54 Å². The molecule has 0 saturated carbocycles. The number of methoxy groups -OCH3 is 1. The van der Waals surface area contributed by atoms with Gasteiger partial charge in [-0.2, -0.15) is 0 Å². The van der Waals surface area contributed by atoms with Crippen molar-refractivity contribution in [2.75, 3.05) is 12.0 Å². The fourth-order valence-electron chi connectivity index (χ4n) is 5.02. The highest BCUT2D eigenvalue weighted by atomic mass is 32.1. The zero-order valence-electron chi connectivity index (χ0n) is 20.9. The van der Waals surface area contributed by atoms with Crippen LogP contribution in [0.2, 0.25) is 0 Å². The molecule has 6 nitrogen and oxygen atoms in total. The zero-order chi connectivity index (χ0) is 25.2. The minimum absolute atomic E-state index is 0.0349. The van der Waals surface area contributed by atoms with Gasteiger partial charge in [-0.3, -0.25) is 4.98 Å². The summed E-state index contributed by atoms with van der Waals surface area (Å²) in [6.07, 6.45) is 1.83. The molecule has 7 heteroatoms. The number of rotatable bonds is 7. The minimum Gasteiger partial charge on any atom is -0.497 e. The van der Waals surface area contributed by atoms with Gasteiger partial charge in [0.25, 0.3) is 0 Å². The standard InChI is InChI=1S/C29H30N4O2S/c1-5-32-19(2)18-25(20(32)3)28-27(26-8-6-7-17-30-26)31-29(36)33(28)21-9-11-23(12-10-21)35-24-15-13-22(34-4)14-16-24/h6-18,27-28H,5H2,1-4H3,(H,31,36). The molecule has 5 rings (SSSR count). The fraction of sp³-hybridized carbons (Fsp3) is 0.241. The van der Waals surface area contributed by atoms with Gasteiger partial charge in [-0.25, -0.2) is 0 Å². The summed E-state index contributed by atoms with van der Waals surface area (Å²) in [5.74, 6) is 2.30. The molecule has 0 aliphatic carbocycles. The lowest BCUT2D eigenvalue weighted by atomic mass is 9.96. The van der Waals surface area contributed by atoms with Crippen molar-refractivity contribution in [1.29, 1.82) is 0 Å². The molecule has 1 N–H and O–H groups in total. The Morgan fingerprint density at radius 1 is 0.944 bits per heavy atom. The highest BCUT2D eigenvalue weighted by molar-refractivity contribution is 7.80. The van der Waals surface area contributed by atoms with E-state index in [1.54, 1.807) is 7.11 Å². The number of hydrogen-bond acceptors (Lipinski definition) is 4. The number of nitrogens with zero attached hydrogens (tertiary/aromatic N) is 3. The molecule has 36 heavy (non-hydrogen) atoms. The van der Waals surface area contributed by atoms with Gasteiger partial charge in [-0.15, -0.1) is 0 Å². The molecule has 4 aromatic rings. The molecule has 2 atom stereocenters. The maximum atomic E-state index is 6.04. The van der Waals surface area contributed by atoms with E-state index in [1.165, 1.54) is 17.0 Å². The summed E-state index contributed by atoms with van der Waals surface area (Å²) < 4.78 is 13.6. The van der Waals surface area contributed by atoms with E-state index in [2.05, 4.69) is 64.8 Å². The predicted octanol–water partition coefficient (Wildman–Crippen LogP) is 6.50. The van der Waals surface area contributed by atoms with Gasteiger partial charge in [0.05, 0.1) is 24.9 Å². The lowest BCUT2D eigenvalue weighted by Gasteiger charge is -2.28. The maximum Gasteiger partial charge on any atom is 0.174 e. The molecule has 3 heterocycles. The second kappa shape index (κ2) is 10.0. The van der Waals surface area contributed by atoms with E-state index in [-0.39, 0.29) is 12.1 Å². The third-order valence-corrected chi connectivity index (χ3v) is 7.07. The molecule has 2 unspecified atom stereocenters. The van der Waals surface area contributed by atoms with E-state index in [1.807, 2.05) is 54.7 Å². The van der Waals surface area contributed by atoms with Gasteiger partial charge >= 0.3 is 0 Å². The zero-order valence-corrected chi connectivity index (χ0v) is 21.8. The van der Waals surface area contributed by atoms with Crippen LogP contribution in [0.3, 0.4) is 0 Å². The second-order valence-electron chi connectivity index (χ2n) is 8.84. The predicted molar refractivity (Wildman–Crippen MR) is 147 cm³/mol. The molecule has 0 amide bonds. The van der Waals surface area contributed by atoms with Crippen molar-refractivity contribution in [1.82, 2.24) is 14.9 Å². The SMILES string of the molecule is CCn1c(C)cc(C2C(c3ccccn3)NC(=S)N2c2ccc(Oc3ccc(OC)cc3)cc2)c1C. The van der Waals surface area contributed by atoms with Gasteiger partial charge in [0, 0.05) is 29.8 Å². The van der Waals surface area contributed by atoms with Gasteiger partial charge in [-0.1, -0.05) is 6.07 Å². The third-order valence-electron chi connectivity index (χ3n) is 6.76. The number of hydrogen-bond donors (Lipinski definition) is 1. The number of benzene rings is 2. The van der Waals surface area contributed by atoms with Crippen LogP contribution < -0.4 is 19.7 Å². The molecule has 2 aromatic carbocycles. The first-order valence-corrected chi connectivity index (χ1v) is 12.5. The number of aryl methyl sites for hydroxylation is 1. The highest BCUT2D eigenvalue weighted by Crippen LogP contribution is 2.43. The van der Waals surface area contributed by atoms with Crippen LogP contribution in [0.4, 0.5) is 5.69 Å². The van der Waals surface area contributed by atoms with Crippen molar-refractivity contribution in [3.05, 3.63) is 102 Å². The summed E-state index contributed by atoms with van der Waals surface area (Å²) in [6.45, 7) is 7.45. The minimum atomic E-state index is -0.0697. The van der Waals surface area contributed by atoms with Crippen LogP contribution in [0.1, 0.15) is 41.7 Å². The Hall–Kier alpha value is -3.84. The number of pyridine rings is 1. The monoisotopic (exact) mass is 498 g/mol. The number of nitrogens with one attached hydrogen (secondary N) is 1. The molecule has 0 radical (unpaired) electrons. The number of thiocarbonyl (C=S) groups is 1. The number of anilines is 1. The molecular weight excluding hydrogens is 468 g/mol. The summed E-state index contributed by atoms with van der Waals surface area (Å²) in [6, 6.07) is 23.8. The van der Waals surface area contributed by atoms with Crippen LogP contribution in [0.25, 0.3) is 0 Å². The van der Waals surface area contributed by atoms with E-state index in [4.69, 9.17) is 21.7 Å². The topological polar surface area (TPSA) is 51.6 Å². The summed E-state index contributed by atoms with van der Waals surface area (Å²) in [5, 5.41) is 4.23. The molecular formula is C29H30N4O2S. The number of aromatic nitrogens is 2. The van der Waals surface area contributed by atoms with Gasteiger partial charge in [-0.05, 0) is 105 Å². The molecule has 0 spiro atoms. The van der Waals surface area contributed by atoms with E-state index in [0.717, 1.165) is 35.2 Å². The van der Waals surface area contributed by atoms with Crippen LogP contribution in [0.5, 0.6) is 17.2 Å².